The Labute approximate surface area is 117 Å². The molecule has 5 nitrogen and oxygen atoms in total. The number of hydrogen-bond donors (Lipinski definition) is 2. The first kappa shape index (κ1) is 15.9. The number of nitriles is 1. The van der Waals surface area contributed by atoms with E-state index >= 15 is 0 Å². The molecular formula is C12H15ClN2O3S. The van der Waals surface area contributed by atoms with Crippen LogP contribution in [-0.4, -0.2) is 26.2 Å². The average molecular weight is 303 g/mol. The first-order chi connectivity index (χ1) is 8.94. The fourth-order valence-corrected chi connectivity index (χ4v) is 3.37. The molecule has 0 saturated heterocycles. The van der Waals surface area contributed by atoms with Gasteiger partial charge in [-0.3, -0.25) is 0 Å². The zero-order valence-corrected chi connectivity index (χ0v) is 12.0. The third-order valence-electron chi connectivity index (χ3n) is 2.65. The summed E-state index contributed by atoms with van der Waals surface area (Å²) in [4.78, 5) is -0.140. The van der Waals surface area contributed by atoms with Gasteiger partial charge >= 0.3 is 0 Å². The number of aliphatic hydroxyl groups excluding tert-OH is 1. The summed E-state index contributed by atoms with van der Waals surface area (Å²) < 4.78 is 26.9. The van der Waals surface area contributed by atoms with Gasteiger partial charge in [0.2, 0.25) is 10.0 Å². The fourth-order valence-electron chi connectivity index (χ4n) is 1.60. The van der Waals surface area contributed by atoms with Crippen molar-refractivity contribution in [3.8, 4) is 6.07 Å². The van der Waals surface area contributed by atoms with Gasteiger partial charge in [-0.05, 0) is 31.0 Å². The predicted molar refractivity (Wildman–Crippen MR) is 72.3 cm³/mol. The van der Waals surface area contributed by atoms with Crippen molar-refractivity contribution in [2.45, 2.75) is 30.7 Å². The Hall–Kier alpha value is -1.13. The van der Waals surface area contributed by atoms with Gasteiger partial charge < -0.3 is 5.11 Å². The fraction of sp³-hybridized carbons (Fsp3) is 0.417. The Morgan fingerprint density at radius 2 is 2.21 bits per heavy atom. The lowest BCUT2D eigenvalue weighted by Gasteiger charge is -2.16. The van der Waals surface area contributed by atoms with Gasteiger partial charge in [-0.15, -0.1) is 0 Å². The van der Waals surface area contributed by atoms with Crippen molar-refractivity contribution >= 4 is 21.6 Å². The monoisotopic (exact) mass is 302 g/mol. The molecule has 0 radical (unpaired) electrons. The number of halogens is 1. The average Bonchev–Trinajstić information content (AvgIpc) is 2.38. The number of nitrogens with one attached hydrogen (secondary N) is 1. The molecule has 1 unspecified atom stereocenters. The largest absolute Gasteiger partial charge is 0.396 e. The van der Waals surface area contributed by atoms with E-state index in [-0.39, 0.29) is 28.1 Å². The lowest BCUT2D eigenvalue weighted by Crippen LogP contribution is -2.35. The van der Waals surface area contributed by atoms with E-state index in [0.717, 1.165) is 0 Å². The van der Waals surface area contributed by atoms with E-state index in [1.54, 1.807) is 0 Å². The summed E-state index contributed by atoms with van der Waals surface area (Å²) in [5.41, 5.74) is 0.0377. The Morgan fingerprint density at radius 3 is 2.74 bits per heavy atom. The zero-order valence-electron chi connectivity index (χ0n) is 10.4. The molecule has 1 aromatic carbocycles. The highest BCUT2D eigenvalue weighted by Crippen LogP contribution is 2.21. The lowest BCUT2D eigenvalue weighted by molar-refractivity contribution is 0.270. The summed E-state index contributed by atoms with van der Waals surface area (Å²) in [7, 11) is -3.83. The van der Waals surface area contributed by atoms with E-state index in [1.807, 2.05) is 13.0 Å². The molecule has 104 valence electrons. The third kappa shape index (κ3) is 4.18. The molecule has 0 amide bonds. The minimum absolute atomic E-state index is 0.0377. The molecule has 1 aromatic rings. The molecule has 0 spiro atoms. The van der Waals surface area contributed by atoms with Crippen LogP contribution in [0.2, 0.25) is 5.02 Å². The van der Waals surface area contributed by atoms with E-state index in [0.29, 0.717) is 12.8 Å². The van der Waals surface area contributed by atoms with Crippen molar-refractivity contribution in [1.82, 2.24) is 4.72 Å². The number of sulfonamides is 1. The highest BCUT2D eigenvalue weighted by atomic mass is 35.5. The lowest BCUT2D eigenvalue weighted by atomic mass is 10.2. The molecule has 0 heterocycles. The second-order valence-corrected chi connectivity index (χ2v) is 6.11. The van der Waals surface area contributed by atoms with Gasteiger partial charge in [-0.2, -0.15) is 5.26 Å². The summed E-state index contributed by atoms with van der Waals surface area (Å²) in [6.45, 7) is 1.70. The molecule has 0 aromatic heterocycles. The van der Waals surface area contributed by atoms with Crippen LogP contribution in [0.4, 0.5) is 0 Å². The van der Waals surface area contributed by atoms with Crippen molar-refractivity contribution in [1.29, 1.82) is 5.26 Å². The number of rotatable bonds is 6. The molecule has 0 saturated carbocycles. The third-order valence-corrected chi connectivity index (χ3v) is 4.44. The van der Waals surface area contributed by atoms with E-state index in [2.05, 4.69) is 4.72 Å². The standard InChI is InChI=1S/C12H15ClN2O3S/c1-2-11(5-6-16)15-19(17,18)12-7-10(13)4-3-9(12)8-14/h3-4,7,11,15-16H,2,5-6H2,1H3. The maximum absolute atomic E-state index is 12.2. The summed E-state index contributed by atoms with van der Waals surface area (Å²) in [6, 6.07) is 5.52. The van der Waals surface area contributed by atoms with Crippen LogP contribution in [0, 0.1) is 11.3 Å². The van der Waals surface area contributed by atoms with Crippen LogP contribution < -0.4 is 4.72 Å². The summed E-state index contributed by atoms with van der Waals surface area (Å²) in [6.07, 6.45) is 0.862. The van der Waals surface area contributed by atoms with Gasteiger partial charge in [0.1, 0.15) is 11.0 Å². The summed E-state index contributed by atoms with van der Waals surface area (Å²) in [5.74, 6) is 0. The van der Waals surface area contributed by atoms with Crippen molar-refractivity contribution < 1.29 is 13.5 Å². The number of aliphatic hydroxyl groups is 1. The smallest absolute Gasteiger partial charge is 0.242 e. The molecule has 0 aliphatic carbocycles. The Kier molecular flexibility index (Phi) is 5.76. The molecular weight excluding hydrogens is 288 g/mol. The maximum atomic E-state index is 12.2. The van der Waals surface area contributed by atoms with Crippen molar-refractivity contribution in [2.75, 3.05) is 6.61 Å². The van der Waals surface area contributed by atoms with Crippen LogP contribution in [0.25, 0.3) is 0 Å². The van der Waals surface area contributed by atoms with Gasteiger partial charge in [-0.25, -0.2) is 13.1 Å². The van der Waals surface area contributed by atoms with Crippen LogP contribution in [0.5, 0.6) is 0 Å². The number of benzene rings is 1. The van der Waals surface area contributed by atoms with E-state index < -0.39 is 10.0 Å². The van der Waals surface area contributed by atoms with E-state index in [1.165, 1.54) is 18.2 Å². The predicted octanol–water partition coefficient (Wildman–Crippen LogP) is 1.65. The molecule has 2 N–H and O–H groups in total. The highest BCUT2D eigenvalue weighted by molar-refractivity contribution is 7.89. The first-order valence-electron chi connectivity index (χ1n) is 5.77. The van der Waals surface area contributed by atoms with Gasteiger partial charge in [0.25, 0.3) is 0 Å². The highest BCUT2D eigenvalue weighted by Gasteiger charge is 2.22. The molecule has 0 aliphatic heterocycles. The second kappa shape index (κ2) is 6.87. The zero-order chi connectivity index (χ0) is 14.5. The SMILES string of the molecule is CCC(CCO)NS(=O)(=O)c1cc(Cl)ccc1C#N. The number of nitrogens with zero attached hydrogens (tertiary/aromatic N) is 1. The van der Waals surface area contributed by atoms with Crippen molar-refractivity contribution in [2.24, 2.45) is 0 Å². The topological polar surface area (TPSA) is 90.2 Å². The van der Waals surface area contributed by atoms with Gasteiger partial charge in [0.05, 0.1) is 5.56 Å². The van der Waals surface area contributed by atoms with Crippen LogP contribution >= 0.6 is 11.6 Å². The minimum Gasteiger partial charge on any atom is -0.396 e. The van der Waals surface area contributed by atoms with Crippen LogP contribution in [0.15, 0.2) is 23.1 Å². The van der Waals surface area contributed by atoms with Gasteiger partial charge in [-0.1, -0.05) is 18.5 Å². The molecule has 7 heteroatoms. The van der Waals surface area contributed by atoms with E-state index in [4.69, 9.17) is 22.0 Å². The van der Waals surface area contributed by atoms with E-state index in [9.17, 15) is 8.42 Å². The molecule has 0 bridgehead atoms. The minimum atomic E-state index is -3.83. The van der Waals surface area contributed by atoms with Crippen LogP contribution in [-0.2, 0) is 10.0 Å². The summed E-state index contributed by atoms with van der Waals surface area (Å²) >= 11 is 5.77. The van der Waals surface area contributed by atoms with Crippen LogP contribution in [0.3, 0.4) is 0 Å². The Morgan fingerprint density at radius 1 is 1.53 bits per heavy atom. The Bertz CT molecular complexity index is 581. The van der Waals surface area contributed by atoms with Crippen LogP contribution in [0.1, 0.15) is 25.3 Å². The summed E-state index contributed by atoms with van der Waals surface area (Å²) in [5, 5.41) is 18.1. The van der Waals surface area contributed by atoms with Crippen molar-refractivity contribution in [3.05, 3.63) is 28.8 Å². The molecule has 1 rings (SSSR count). The number of hydrogen-bond acceptors (Lipinski definition) is 4. The second-order valence-electron chi connectivity index (χ2n) is 3.99. The Balaban J connectivity index is 3.13. The molecule has 0 aliphatic rings. The maximum Gasteiger partial charge on any atom is 0.242 e. The molecule has 19 heavy (non-hydrogen) atoms. The quantitative estimate of drug-likeness (QED) is 0.836. The molecule has 0 fully saturated rings. The van der Waals surface area contributed by atoms with Gasteiger partial charge in [0.15, 0.2) is 0 Å². The van der Waals surface area contributed by atoms with Gasteiger partial charge in [0, 0.05) is 17.7 Å². The van der Waals surface area contributed by atoms with Crippen molar-refractivity contribution in [3.63, 3.8) is 0 Å². The molecule has 1 atom stereocenters. The normalized spacial score (nSPS) is 12.9. The first-order valence-corrected chi connectivity index (χ1v) is 7.63.